The van der Waals surface area contributed by atoms with Gasteiger partial charge in [-0.25, -0.2) is 0 Å². The van der Waals surface area contributed by atoms with Crippen LogP contribution in [0.15, 0.2) is 12.7 Å². The molecule has 3 aliphatic rings. The van der Waals surface area contributed by atoms with Crippen LogP contribution < -0.4 is 0 Å². The van der Waals surface area contributed by atoms with Crippen LogP contribution in [-0.2, 0) is 19.1 Å². The number of Topliss-reactive ketones (excluding diaryl/α,β-unsaturated/α-hetero) is 1. The van der Waals surface area contributed by atoms with E-state index in [1.54, 1.807) is 20.8 Å². The van der Waals surface area contributed by atoms with Gasteiger partial charge in [0.2, 0.25) is 0 Å². The largest absolute Gasteiger partial charge is 0.457 e. The van der Waals surface area contributed by atoms with Crippen molar-refractivity contribution in [3.8, 4) is 0 Å². The molecule has 0 aromatic heterocycles. The van der Waals surface area contributed by atoms with Crippen LogP contribution in [0.2, 0.25) is 0 Å². The van der Waals surface area contributed by atoms with Gasteiger partial charge in [-0.1, -0.05) is 33.8 Å². The van der Waals surface area contributed by atoms with Crippen molar-refractivity contribution < 1.29 is 34.4 Å². The molecule has 0 bridgehead atoms. The van der Waals surface area contributed by atoms with E-state index in [0.717, 1.165) is 0 Å². The van der Waals surface area contributed by atoms with Gasteiger partial charge in [0.05, 0.1) is 17.8 Å². The van der Waals surface area contributed by atoms with Crippen molar-refractivity contribution in [1.29, 1.82) is 0 Å². The third-order valence-electron chi connectivity index (χ3n) is 8.33. The second kappa shape index (κ2) is 6.86. The Morgan fingerprint density at radius 1 is 1.30 bits per heavy atom. The van der Waals surface area contributed by atoms with Gasteiger partial charge in [0.25, 0.3) is 0 Å². The fraction of sp³-hybridized carbons (Fsp3) is 0.826. The maximum atomic E-state index is 13.7. The van der Waals surface area contributed by atoms with Crippen molar-refractivity contribution in [3.63, 3.8) is 0 Å². The lowest BCUT2D eigenvalue weighted by Gasteiger charge is -2.71. The van der Waals surface area contributed by atoms with E-state index in [0.29, 0.717) is 12.8 Å². The van der Waals surface area contributed by atoms with Crippen molar-refractivity contribution in [1.82, 2.24) is 0 Å². The Labute approximate surface area is 178 Å². The highest BCUT2D eigenvalue weighted by atomic mass is 16.6. The summed E-state index contributed by atoms with van der Waals surface area (Å²) in [6.07, 6.45) is -1.16. The second-order valence-corrected chi connectivity index (χ2v) is 10.5. The number of hydrogen-bond acceptors (Lipinski definition) is 7. The first-order valence-corrected chi connectivity index (χ1v) is 10.8. The highest BCUT2D eigenvalue weighted by Gasteiger charge is 2.82. The SMILES string of the molecule is C=C[C@@]1(C)CC(=O)[C@]2(O)[C@@]3(C)[C@@H](O)CCC(C)(C)[C@@H]3[C@H](O)[C@H](OC(C)=O)[C@@]2(CC)O1. The van der Waals surface area contributed by atoms with Crippen LogP contribution in [-0.4, -0.2) is 62.2 Å². The van der Waals surface area contributed by atoms with E-state index in [1.807, 2.05) is 13.8 Å². The molecule has 170 valence electrons. The van der Waals surface area contributed by atoms with E-state index in [9.17, 15) is 24.9 Å². The Morgan fingerprint density at radius 3 is 2.40 bits per heavy atom. The van der Waals surface area contributed by atoms with Crippen LogP contribution in [0, 0.1) is 16.7 Å². The predicted molar refractivity (Wildman–Crippen MR) is 109 cm³/mol. The zero-order valence-electron chi connectivity index (χ0n) is 18.9. The third-order valence-corrected chi connectivity index (χ3v) is 8.33. The predicted octanol–water partition coefficient (Wildman–Crippen LogP) is 1.91. The summed E-state index contributed by atoms with van der Waals surface area (Å²) in [6, 6.07) is 0. The molecule has 7 nitrogen and oxygen atoms in total. The summed E-state index contributed by atoms with van der Waals surface area (Å²) >= 11 is 0. The highest BCUT2D eigenvalue weighted by Crippen LogP contribution is 2.67. The van der Waals surface area contributed by atoms with Gasteiger partial charge < -0.3 is 24.8 Å². The molecule has 1 saturated heterocycles. The molecule has 7 heteroatoms. The standard InChI is InChI=1S/C23H36O7/c1-8-20(6)12-15(26)23(28)21(7)14(25)10-11-19(4,5)17(21)16(27)18(29-13(3)24)22(23,9-2)30-20/h8,14,16-18,25,27-28H,1,9-12H2,2-7H3/t14-,16-,17-,18-,20-,21-,22+,23-/m0/s1. The molecular weight excluding hydrogens is 388 g/mol. The van der Waals surface area contributed by atoms with Crippen molar-refractivity contribution in [2.24, 2.45) is 16.7 Å². The summed E-state index contributed by atoms with van der Waals surface area (Å²) in [5.74, 6) is -1.84. The molecule has 0 radical (unpaired) electrons. The molecule has 8 atom stereocenters. The lowest BCUT2D eigenvalue weighted by molar-refractivity contribution is -0.376. The van der Waals surface area contributed by atoms with Crippen LogP contribution in [0.3, 0.4) is 0 Å². The number of esters is 1. The molecular formula is C23H36O7. The fourth-order valence-corrected chi connectivity index (χ4v) is 6.93. The Balaban J connectivity index is 2.37. The zero-order valence-corrected chi connectivity index (χ0v) is 18.9. The normalized spacial score (nSPS) is 50.2. The summed E-state index contributed by atoms with van der Waals surface area (Å²) in [5.41, 5.74) is -6.95. The van der Waals surface area contributed by atoms with Gasteiger partial charge in [-0.05, 0) is 31.6 Å². The summed E-state index contributed by atoms with van der Waals surface area (Å²) in [4.78, 5) is 25.8. The van der Waals surface area contributed by atoms with Crippen LogP contribution >= 0.6 is 0 Å². The highest BCUT2D eigenvalue weighted by molar-refractivity contribution is 5.92. The average Bonchev–Trinajstić information content (AvgIpc) is 2.64. The van der Waals surface area contributed by atoms with Crippen molar-refractivity contribution in [3.05, 3.63) is 12.7 Å². The van der Waals surface area contributed by atoms with Crippen molar-refractivity contribution in [2.45, 2.75) is 102 Å². The number of carbonyl (C=O) groups is 2. The van der Waals surface area contributed by atoms with E-state index in [-0.39, 0.29) is 12.8 Å². The molecule has 2 aliphatic carbocycles. The van der Waals surface area contributed by atoms with E-state index < -0.39 is 63.6 Å². The maximum absolute atomic E-state index is 13.7. The van der Waals surface area contributed by atoms with Gasteiger partial charge in [-0.15, -0.1) is 6.58 Å². The van der Waals surface area contributed by atoms with Gasteiger partial charge >= 0.3 is 5.97 Å². The van der Waals surface area contributed by atoms with Crippen LogP contribution in [0.4, 0.5) is 0 Å². The first-order chi connectivity index (χ1) is 13.7. The minimum atomic E-state index is -2.17. The van der Waals surface area contributed by atoms with E-state index in [1.165, 1.54) is 13.0 Å². The van der Waals surface area contributed by atoms with Crippen LogP contribution in [0.1, 0.15) is 67.2 Å². The average molecular weight is 425 g/mol. The summed E-state index contributed by atoms with van der Waals surface area (Å²) in [6.45, 7) is 14.0. The summed E-state index contributed by atoms with van der Waals surface area (Å²) < 4.78 is 12.0. The smallest absolute Gasteiger partial charge is 0.303 e. The number of fused-ring (bicyclic) bond motifs is 3. The third kappa shape index (κ3) is 2.65. The molecule has 3 rings (SSSR count). The minimum absolute atomic E-state index is 0.0864. The molecule has 2 saturated carbocycles. The number of aliphatic hydroxyl groups is 3. The molecule has 1 aliphatic heterocycles. The molecule has 0 amide bonds. The number of aliphatic hydroxyl groups excluding tert-OH is 2. The number of rotatable bonds is 3. The Bertz CT molecular complexity index is 763. The Hall–Kier alpha value is -1.28. The minimum Gasteiger partial charge on any atom is -0.457 e. The molecule has 0 unspecified atom stereocenters. The Kier molecular flexibility index (Phi) is 5.35. The lowest BCUT2D eigenvalue weighted by Crippen LogP contribution is -2.87. The van der Waals surface area contributed by atoms with Gasteiger partial charge in [-0.2, -0.15) is 0 Å². The van der Waals surface area contributed by atoms with Gasteiger partial charge in [0.1, 0.15) is 5.60 Å². The molecule has 3 fully saturated rings. The number of ketones is 1. The Morgan fingerprint density at radius 2 is 1.90 bits per heavy atom. The molecule has 30 heavy (non-hydrogen) atoms. The van der Waals surface area contributed by atoms with E-state index in [4.69, 9.17) is 9.47 Å². The number of ether oxygens (including phenoxy) is 2. The van der Waals surface area contributed by atoms with Gasteiger partial charge in [0, 0.05) is 24.7 Å². The van der Waals surface area contributed by atoms with Crippen LogP contribution in [0.25, 0.3) is 0 Å². The molecule has 3 N–H and O–H groups in total. The number of carbonyl (C=O) groups excluding carboxylic acids is 2. The molecule has 1 heterocycles. The first-order valence-electron chi connectivity index (χ1n) is 10.8. The van der Waals surface area contributed by atoms with Gasteiger partial charge in [-0.3, -0.25) is 9.59 Å². The quantitative estimate of drug-likeness (QED) is 0.468. The van der Waals surface area contributed by atoms with Crippen LogP contribution in [0.5, 0.6) is 0 Å². The lowest BCUT2D eigenvalue weighted by atomic mass is 9.39. The first kappa shape index (κ1) is 23.4. The van der Waals surface area contributed by atoms with Gasteiger partial charge in [0.15, 0.2) is 17.5 Å². The summed E-state index contributed by atoms with van der Waals surface area (Å²) in [7, 11) is 0. The molecule has 0 spiro atoms. The molecule has 0 aromatic rings. The summed E-state index contributed by atoms with van der Waals surface area (Å²) in [5, 5.41) is 35.1. The monoisotopic (exact) mass is 424 g/mol. The van der Waals surface area contributed by atoms with Crippen molar-refractivity contribution >= 4 is 11.8 Å². The molecule has 0 aromatic carbocycles. The van der Waals surface area contributed by atoms with E-state index in [2.05, 4.69) is 6.58 Å². The van der Waals surface area contributed by atoms with Crippen molar-refractivity contribution in [2.75, 3.05) is 0 Å². The maximum Gasteiger partial charge on any atom is 0.303 e. The number of hydrogen-bond donors (Lipinski definition) is 3. The second-order valence-electron chi connectivity index (χ2n) is 10.5. The topological polar surface area (TPSA) is 113 Å². The fourth-order valence-electron chi connectivity index (χ4n) is 6.93. The zero-order chi connectivity index (χ0) is 22.9. The van der Waals surface area contributed by atoms with E-state index >= 15 is 0 Å².